The summed E-state index contributed by atoms with van der Waals surface area (Å²) in [5.41, 5.74) is 1.83. The molecule has 6 nitrogen and oxygen atoms in total. The van der Waals surface area contributed by atoms with E-state index in [0.717, 1.165) is 5.69 Å². The minimum atomic E-state index is -0.266. The van der Waals surface area contributed by atoms with E-state index >= 15 is 0 Å². The highest BCUT2D eigenvalue weighted by Crippen LogP contribution is 2.29. The summed E-state index contributed by atoms with van der Waals surface area (Å²) in [6.45, 7) is 2.40. The average Bonchev–Trinajstić information content (AvgIpc) is 3.16. The van der Waals surface area contributed by atoms with E-state index in [1.807, 2.05) is 13.0 Å². The van der Waals surface area contributed by atoms with Crippen molar-refractivity contribution in [3.05, 3.63) is 65.7 Å². The highest BCUT2D eigenvalue weighted by Gasteiger charge is 2.12. The number of anilines is 1. The van der Waals surface area contributed by atoms with Crippen LogP contribution in [0.15, 0.2) is 55.1 Å². The van der Waals surface area contributed by atoms with E-state index in [0.29, 0.717) is 34.4 Å². The Labute approximate surface area is 156 Å². The van der Waals surface area contributed by atoms with Crippen molar-refractivity contribution in [1.29, 1.82) is 0 Å². The lowest BCUT2D eigenvalue weighted by atomic mass is 10.1. The lowest BCUT2D eigenvalue weighted by Gasteiger charge is -2.12. The van der Waals surface area contributed by atoms with Gasteiger partial charge in [-0.25, -0.2) is 4.98 Å². The lowest BCUT2D eigenvalue weighted by molar-refractivity contribution is 0.102. The third-order valence-corrected chi connectivity index (χ3v) is 4.02. The molecule has 2 aromatic carbocycles. The number of aromatic nitrogens is 2. The summed E-state index contributed by atoms with van der Waals surface area (Å²) in [6, 6.07) is 10.3. The molecule has 0 radical (unpaired) electrons. The molecule has 1 amide bonds. The number of benzene rings is 2. The highest BCUT2D eigenvalue weighted by molar-refractivity contribution is 6.32. The van der Waals surface area contributed by atoms with Crippen LogP contribution in [0.1, 0.15) is 17.3 Å². The molecule has 0 bridgehead atoms. The van der Waals surface area contributed by atoms with Gasteiger partial charge in [-0.3, -0.25) is 4.79 Å². The van der Waals surface area contributed by atoms with Gasteiger partial charge in [-0.05, 0) is 43.3 Å². The van der Waals surface area contributed by atoms with Crippen molar-refractivity contribution in [3.63, 3.8) is 0 Å². The van der Waals surface area contributed by atoms with Crippen LogP contribution in [0.25, 0.3) is 5.69 Å². The number of carbonyl (C=O) groups is 1. The molecule has 7 heteroatoms. The molecule has 134 valence electrons. The van der Waals surface area contributed by atoms with Crippen molar-refractivity contribution in [2.75, 3.05) is 19.0 Å². The normalized spacial score (nSPS) is 10.4. The fraction of sp³-hybridized carbons (Fsp3) is 0.158. The SMILES string of the molecule is CCOc1ccc(C(=O)Nc2ccc(-n3ccnc3)c(Cl)c2)cc1OC. The Morgan fingerprint density at radius 1 is 1.23 bits per heavy atom. The summed E-state index contributed by atoms with van der Waals surface area (Å²) in [6.07, 6.45) is 5.13. The molecule has 1 N–H and O–H groups in total. The maximum absolute atomic E-state index is 12.5. The fourth-order valence-corrected chi connectivity index (χ4v) is 2.76. The summed E-state index contributed by atoms with van der Waals surface area (Å²) in [4.78, 5) is 16.5. The van der Waals surface area contributed by atoms with Crippen molar-refractivity contribution < 1.29 is 14.3 Å². The van der Waals surface area contributed by atoms with E-state index in [4.69, 9.17) is 21.1 Å². The monoisotopic (exact) mass is 371 g/mol. The number of ether oxygens (including phenoxy) is 2. The molecule has 0 aliphatic heterocycles. The standard InChI is InChI=1S/C19H18ClN3O3/c1-3-26-17-7-4-13(10-18(17)25-2)19(24)22-14-5-6-16(15(20)11-14)23-9-8-21-12-23/h4-12H,3H2,1-2H3,(H,22,24). The number of rotatable bonds is 6. The number of nitrogens with zero attached hydrogens (tertiary/aromatic N) is 2. The number of halogens is 1. The molecule has 0 saturated carbocycles. The number of amides is 1. The van der Waals surface area contributed by atoms with Gasteiger partial charge in [0, 0.05) is 23.6 Å². The van der Waals surface area contributed by atoms with Crippen LogP contribution in [0.4, 0.5) is 5.69 Å². The molecule has 0 unspecified atom stereocenters. The second kappa shape index (κ2) is 7.93. The van der Waals surface area contributed by atoms with E-state index in [1.54, 1.807) is 53.6 Å². The Bertz CT molecular complexity index is 910. The zero-order chi connectivity index (χ0) is 18.5. The van der Waals surface area contributed by atoms with Gasteiger partial charge >= 0.3 is 0 Å². The molecule has 3 aromatic rings. The lowest BCUT2D eigenvalue weighted by Crippen LogP contribution is -2.12. The molecule has 1 heterocycles. The number of methoxy groups -OCH3 is 1. The summed E-state index contributed by atoms with van der Waals surface area (Å²) >= 11 is 6.32. The molecular formula is C19H18ClN3O3. The maximum Gasteiger partial charge on any atom is 0.255 e. The number of carbonyl (C=O) groups excluding carboxylic acids is 1. The first-order valence-electron chi connectivity index (χ1n) is 8.02. The maximum atomic E-state index is 12.5. The predicted octanol–water partition coefficient (Wildman–Crippen LogP) is 4.19. The number of imidazole rings is 1. The molecule has 3 rings (SSSR count). The minimum Gasteiger partial charge on any atom is -0.493 e. The van der Waals surface area contributed by atoms with Crippen molar-refractivity contribution in [2.24, 2.45) is 0 Å². The summed E-state index contributed by atoms with van der Waals surface area (Å²) in [5.74, 6) is 0.838. The van der Waals surface area contributed by atoms with Gasteiger partial charge in [0.25, 0.3) is 5.91 Å². The minimum absolute atomic E-state index is 0.266. The van der Waals surface area contributed by atoms with Gasteiger partial charge < -0.3 is 19.4 Å². The summed E-state index contributed by atoms with van der Waals surface area (Å²) in [5, 5.41) is 3.33. The van der Waals surface area contributed by atoms with Gasteiger partial charge in [-0.1, -0.05) is 11.6 Å². The molecule has 0 saturated heterocycles. The molecule has 0 atom stereocenters. The largest absolute Gasteiger partial charge is 0.493 e. The molecule has 0 spiro atoms. The number of nitrogens with one attached hydrogen (secondary N) is 1. The van der Waals surface area contributed by atoms with Gasteiger partial charge in [-0.15, -0.1) is 0 Å². The van der Waals surface area contributed by atoms with Crippen LogP contribution in [0, 0.1) is 0 Å². The molecule has 1 aromatic heterocycles. The van der Waals surface area contributed by atoms with E-state index in [9.17, 15) is 4.79 Å². The number of hydrogen-bond acceptors (Lipinski definition) is 4. The van der Waals surface area contributed by atoms with E-state index in [2.05, 4.69) is 10.3 Å². The molecule has 26 heavy (non-hydrogen) atoms. The molecule has 0 fully saturated rings. The van der Waals surface area contributed by atoms with Gasteiger partial charge in [0.1, 0.15) is 0 Å². The quantitative estimate of drug-likeness (QED) is 0.705. The van der Waals surface area contributed by atoms with Gasteiger partial charge in [-0.2, -0.15) is 0 Å². The Kier molecular flexibility index (Phi) is 5.43. The van der Waals surface area contributed by atoms with Crippen molar-refractivity contribution >= 4 is 23.2 Å². The molecule has 0 aliphatic carbocycles. The zero-order valence-electron chi connectivity index (χ0n) is 14.4. The van der Waals surface area contributed by atoms with Gasteiger partial charge in [0.2, 0.25) is 0 Å². The highest BCUT2D eigenvalue weighted by atomic mass is 35.5. The van der Waals surface area contributed by atoms with E-state index in [1.165, 1.54) is 7.11 Å². The average molecular weight is 372 g/mol. The summed E-state index contributed by atoms with van der Waals surface area (Å²) < 4.78 is 12.5. The van der Waals surface area contributed by atoms with Crippen molar-refractivity contribution in [3.8, 4) is 17.2 Å². The zero-order valence-corrected chi connectivity index (χ0v) is 15.2. The van der Waals surface area contributed by atoms with Crippen LogP contribution in [-0.4, -0.2) is 29.2 Å². The predicted molar refractivity (Wildman–Crippen MR) is 101 cm³/mol. The van der Waals surface area contributed by atoms with Crippen LogP contribution in [-0.2, 0) is 0 Å². The van der Waals surface area contributed by atoms with Crippen molar-refractivity contribution in [2.45, 2.75) is 6.92 Å². The first-order chi connectivity index (χ1) is 12.6. The Morgan fingerprint density at radius 3 is 2.73 bits per heavy atom. The second-order valence-corrected chi connectivity index (χ2v) is 5.80. The van der Waals surface area contributed by atoms with Gasteiger partial charge in [0.15, 0.2) is 11.5 Å². The third-order valence-electron chi connectivity index (χ3n) is 3.71. The van der Waals surface area contributed by atoms with Crippen LogP contribution < -0.4 is 14.8 Å². The molecular weight excluding hydrogens is 354 g/mol. The topological polar surface area (TPSA) is 65.4 Å². The van der Waals surface area contributed by atoms with Crippen LogP contribution in [0.5, 0.6) is 11.5 Å². The third kappa shape index (κ3) is 3.81. The van der Waals surface area contributed by atoms with E-state index < -0.39 is 0 Å². The Balaban J connectivity index is 1.79. The smallest absolute Gasteiger partial charge is 0.255 e. The number of hydrogen-bond donors (Lipinski definition) is 1. The first-order valence-corrected chi connectivity index (χ1v) is 8.40. The fourth-order valence-electron chi connectivity index (χ4n) is 2.48. The van der Waals surface area contributed by atoms with Crippen LogP contribution in [0.3, 0.4) is 0 Å². The van der Waals surface area contributed by atoms with Gasteiger partial charge in [0.05, 0.1) is 30.8 Å². The van der Waals surface area contributed by atoms with E-state index in [-0.39, 0.29) is 5.91 Å². The van der Waals surface area contributed by atoms with Crippen LogP contribution in [0.2, 0.25) is 5.02 Å². The van der Waals surface area contributed by atoms with Crippen LogP contribution >= 0.6 is 11.6 Å². The first kappa shape index (κ1) is 17.8. The van der Waals surface area contributed by atoms with Crippen molar-refractivity contribution in [1.82, 2.24) is 9.55 Å². The molecule has 0 aliphatic rings. The Hall–Kier alpha value is -2.99. The summed E-state index contributed by atoms with van der Waals surface area (Å²) in [7, 11) is 1.54. The Morgan fingerprint density at radius 2 is 2.08 bits per heavy atom. The second-order valence-electron chi connectivity index (χ2n) is 5.39.